The number of nitrogens with zero attached hydrogens (tertiary/aromatic N) is 2. The van der Waals surface area contributed by atoms with Crippen molar-refractivity contribution in [3.63, 3.8) is 0 Å². The third kappa shape index (κ3) is 3.34. The van der Waals surface area contributed by atoms with E-state index in [0.717, 1.165) is 0 Å². The number of fused-ring (bicyclic) bond motifs is 1. The van der Waals surface area contributed by atoms with Crippen LogP contribution in [0.25, 0.3) is 10.9 Å². The molecule has 1 heterocycles. The van der Waals surface area contributed by atoms with Crippen LogP contribution in [-0.2, 0) is 4.79 Å². The Morgan fingerprint density at radius 2 is 1.81 bits per heavy atom. The summed E-state index contributed by atoms with van der Waals surface area (Å²) >= 11 is 0. The monoisotopic (exact) mass is 352 g/mol. The number of nitro groups is 1. The molecule has 0 amide bonds. The number of pyridine rings is 1. The van der Waals surface area contributed by atoms with Crippen molar-refractivity contribution in [3.8, 4) is 11.5 Å². The van der Waals surface area contributed by atoms with Crippen molar-refractivity contribution in [2.75, 3.05) is 0 Å². The molecule has 0 atom stereocenters. The van der Waals surface area contributed by atoms with E-state index in [4.69, 9.17) is 9.47 Å². The molecule has 0 N–H and O–H groups in total. The minimum atomic E-state index is -0.900. The summed E-state index contributed by atoms with van der Waals surface area (Å²) in [6.45, 7) is 1.20. The number of benzene rings is 2. The van der Waals surface area contributed by atoms with Crippen LogP contribution in [0, 0.1) is 10.1 Å². The zero-order valence-corrected chi connectivity index (χ0v) is 13.5. The molecule has 26 heavy (non-hydrogen) atoms. The van der Waals surface area contributed by atoms with Crippen LogP contribution in [0.4, 0.5) is 5.69 Å². The third-order valence-corrected chi connectivity index (χ3v) is 3.46. The average Bonchev–Trinajstić information content (AvgIpc) is 2.61. The fourth-order valence-corrected chi connectivity index (χ4v) is 2.38. The van der Waals surface area contributed by atoms with Crippen molar-refractivity contribution < 1.29 is 24.0 Å². The maximum Gasteiger partial charge on any atom is 0.347 e. The molecule has 0 radical (unpaired) electrons. The van der Waals surface area contributed by atoms with Crippen LogP contribution in [-0.4, -0.2) is 21.8 Å². The Balaban J connectivity index is 2.07. The molecule has 0 aliphatic rings. The number of hydrogen-bond acceptors (Lipinski definition) is 7. The van der Waals surface area contributed by atoms with Gasteiger partial charge in [0.05, 0.1) is 4.92 Å². The molecule has 0 bridgehead atoms. The Kier molecular flexibility index (Phi) is 4.57. The van der Waals surface area contributed by atoms with Gasteiger partial charge in [-0.2, -0.15) is 0 Å². The molecular formula is C18H12N2O6. The van der Waals surface area contributed by atoms with E-state index < -0.39 is 22.5 Å². The van der Waals surface area contributed by atoms with Crippen molar-refractivity contribution in [2.45, 2.75) is 6.92 Å². The highest BCUT2D eigenvalue weighted by Gasteiger charge is 2.24. The quantitative estimate of drug-likeness (QED) is 0.307. The van der Waals surface area contributed by atoms with Crippen LogP contribution in [0.3, 0.4) is 0 Å². The fourth-order valence-electron chi connectivity index (χ4n) is 2.38. The molecule has 0 spiro atoms. The average molecular weight is 352 g/mol. The lowest BCUT2D eigenvalue weighted by molar-refractivity contribution is -0.385. The highest BCUT2D eigenvalue weighted by atomic mass is 16.6. The van der Waals surface area contributed by atoms with E-state index in [2.05, 4.69) is 4.98 Å². The predicted octanol–water partition coefficient (Wildman–Crippen LogP) is 3.29. The minimum Gasteiger partial charge on any atom is -0.426 e. The number of esters is 2. The number of carbonyl (C=O) groups excluding carboxylic acids is 2. The SMILES string of the molecule is CC(=O)Oc1ccccc1C(=O)Oc1c([N+](=O)[O-])ccc2cccnc12. The van der Waals surface area contributed by atoms with Gasteiger partial charge in [0, 0.05) is 24.6 Å². The molecular weight excluding hydrogens is 340 g/mol. The lowest BCUT2D eigenvalue weighted by Crippen LogP contribution is -2.13. The van der Waals surface area contributed by atoms with Gasteiger partial charge in [-0.25, -0.2) is 4.79 Å². The molecule has 0 aliphatic carbocycles. The van der Waals surface area contributed by atoms with Crippen molar-refractivity contribution in [1.29, 1.82) is 0 Å². The lowest BCUT2D eigenvalue weighted by Gasteiger charge is -2.10. The molecule has 3 rings (SSSR count). The summed E-state index contributed by atoms with van der Waals surface area (Å²) in [5, 5.41) is 11.9. The topological polar surface area (TPSA) is 109 Å². The highest BCUT2D eigenvalue weighted by Crippen LogP contribution is 2.35. The van der Waals surface area contributed by atoms with Gasteiger partial charge in [-0.15, -0.1) is 0 Å². The minimum absolute atomic E-state index is 0.000786. The van der Waals surface area contributed by atoms with Crippen LogP contribution in [0.1, 0.15) is 17.3 Å². The zero-order valence-electron chi connectivity index (χ0n) is 13.5. The van der Waals surface area contributed by atoms with Crippen molar-refractivity contribution in [1.82, 2.24) is 4.98 Å². The van der Waals surface area contributed by atoms with E-state index in [0.29, 0.717) is 5.39 Å². The Morgan fingerprint density at radius 1 is 1.04 bits per heavy atom. The first kappa shape index (κ1) is 17.0. The Morgan fingerprint density at radius 3 is 2.54 bits per heavy atom. The van der Waals surface area contributed by atoms with Gasteiger partial charge >= 0.3 is 17.6 Å². The molecule has 8 heteroatoms. The van der Waals surface area contributed by atoms with Gasteiger partial charge in [-0.3, -0.25) is 19.9 Å². The molecule has 2 aromatic carbocycles. The first-order valence-corrected chi connectivity index (χ1v) is 7.49. The summed E-state index contributed by atoms with van der Waals surface area (Å²) in [4.78, 5) is 38.5. The molecule has 3 aromatic rings. The van der Waals surface area contributed by atoms with E-state index >= 15 is 0 Å². The summed E-state index contributed by atoms with van der Waals surface area (Å²) in [6.07, 6.45) is 1.44. The van der Waals surface area contributed by atoms with E-state index in [1.807, 2.05) is 0 Å². The van der Waals surface area contributed by atoms with Crippen molar-refractivity contribution in [3.05, 3.63) is 70.4 Å². The second-order valence-electron chi connectivity index (χ2n) is 5.23. The number of carbonyl (C=O) groups is 2. The van der Waals surface area contributed by atoms with E-state index in [1.165, 1.54) is 37.4 Å². The van der Waals surface area contributed by atoms with Gasteiger partial charge in [-0.05, 0) is 24.3 Å². The lowest BCUT2D eigenvalue weighted by atomic mass is 10.1. The zero-order chi connectivity index (χ0) is 18.7. The standard InChI is InChI=1S/C18H12N2O6/c1-11(21)25-15-7-3-2-6-13(15)18(22)26-17-14(20(23)24)9-8-12-5-4-10-19-16(12)17/h2-10H,1H3. The number of ether oxygens (including phenoxy) is 2. The van der Waals surface area contributed by atoms with E-state index in [1.54, 1.807) is 24.3 Å². The smallest absolute Gasteiger partial charge is 0.347 e. The number of nitro benzene ring substituents is 1. The van der Waals surface area contributed by atoms with Gasteiger partial charge in [0.15, 0.2) is 0 Å². The number of aromatic nitrogens is 1. The predicted molar refractivity (Wildman–Crippen MR) is 91.1 cm³/mol. The van der Waals surface area contributed by atoms with Crippen molar-refractivity contribution >= 4 is 28.5 Å². The molecule has 0 aliphatic heterocycles. The molecule has 8 nitrogen and oxygen atoms in total. The second-order valence-corrected chi connectivity index (χ2v) is 5.23. The van der Waals surface area contributed by atoms with E-state index in [-0.39, 0.29) is 22.6 Å². The summed E-state index contributed by atoms with van der Waals surface area (Å²) < 4.78 is 10.3. The second kappa shape index (κ2) is 6.98. The van der Waals surface area contributed by atoms with Crippen LogP contribution >= 0.6 is 0 Å². The number of para-hydroxylation sites is 1. The first-order valence-electron chi connectivity index (χ1n) is 7.49. The molecule has 0 saturated carbocycles. The van der Waals surface area contributed by atoms with Gasteiger partial charge in [0.25, 0.3) is 0 Å². The van der Waals surface area contributed by atoms with Gasteiger partial charge in [0.1, 0.15) is 16.8 Å². The molecule has 0 saturated heterocycles. The highest BCUT2D eigenvalue weighted by molar-refractivity contribution is 5.98. The first-order chi connectivity index (χ1) is 12.5. The van der Waals surface area contributed by atoms with E-state index in [9.17, 15) is 19.7 Å². The molecule has 1 aromatic heterocycles. The summed E-state index contributed by atoms with van der Waals surface area (Å²) in [5.74, 6) is -1.78. The Labute approximate surface area is 147 Å². The Bertz CT molecular complexity index is 1030. The largest absolute Gasteiger partial charge is 0.426 e. The van der Waals surface area contributed by atoms with Crippen LogP contribution in [0.2, 0.25) is 0 Å². The van der Waals surface area contributed by atoms with Crippen molar-refractivity contribution in [2.24, 2.45) is 0 Å². The molecule has 0 unspecified atom stereocenters. The molecule has 130 valence electrons. The fraction of sp³-hybridized carbons (Fsp3) is 0.0556. The number of rotatable bonds is 4. The van der Waals surface area contributed by atoms with Gasteiger partial charge in [0.2, 0.25) is 5.75 Å². The van der Waals surface area contributed by atoms with Gasteiger partial charge in [-0.1, -0.05) is 18.2 Å². The van der Waals surface area contributed by atoms with Crippen LogP contribution < -0.4 is 9.47 Å². The maximum absolute atomic E-state index is 12.6. The maximum atomic E-state index is 12.6. The third-order valence-electron chi connectivity index (χ3n) is 3.46. The summed E-state index contributed by atoms with van der Waals surface area (Å²) in [5.41, 5.74) is -0.250. The number of hydrogen-bond donors (Lipinski definition) is 0. The Hall–Kier alpha value is -3.81. The van der Waals surface area contributed by atoms with Crippen LogP contribution in [0.15, 0.2) is 54.7 Å². The van der Waals surface area contributed by atoms with Gasteiger partial charge < -0.3 is 9.47 Å². The summed E-state index contributed by atoms with van der Waals surface area (Å²) in [7, 11) is 0. The van der Waals surface area contributed by atoms with Crippen LogP contribution in [0.5, 0.6) is 11.5 Å². The molecule has 0 fully saturated rings. The normalized spacial score (nSPS) is 10.3. The summed E-state index contributed by atoms with van der Waals surface area (Å²) in [6, 6.07) is 12.1.